The molecule has 2 aromatic rings. The molecule has 0 aliphatic carbocycles. The van der Waals surface area contributed by atoms with E-state index in [0.29, 0.717) is 5.56 Å². The van der Waals surface area contributed by atoms with Crippen LogP contribution in [0.4, 0.5) is 0 Å². The van der Waals surface area contributed by atoms with Crippen LogP contribution in [0.1, 0.15) is 27.3 Å². The van der Waals surface area contributed by atoms with Crippen molar-refractivity contribution in [3.63, 3.8) is 0 Å². The first-order chi connectivity index (χ1) is 9.04. The predicted molar refractivity (Wildman–Crippen MR) is 84.5 cm³/mol. The highest BCUT2D eigenvalue weighted by Crippen LogP contribution is 2.16. The molecule has 0 radical (unpaired) electrons. The van der Waals surface area contributed by atoms with Crippen molar-refractivity contribution >= 4 is 28.5 Å². The van der Waals surface area contributed by atoms with Crippen LogP contribution in [0.3, 0.4) is 0 Å². The maximum Gasteiger partial charge on any atom is 0.278 e. The van der Waals surface area contributed by atoms with Crippen LogP contribution in [-0.2, 0) is 6.42 Å². The zero-order chi connectivity index (χ0) is 14.0. The van der Waals surface area contributed by atoms with E-state index in [1.165, 1.54) is 4.68 Å². The quantitative estimate of drug-likeness (QED) is 0.616. The van der Waals surface area contributed by atoms with Gasteiger partial charge in [-0.25, -0.2) is 4.68 Å². The van der Waals surface area contributed by atoms with Crippen molar-refractivity contribution in [1.82, 2.24) is 9.78 Å². The second-order valence-electron chi connectivity index (χ2n) is 4.37. The average molecular weight is 366 g/mol. The van der Waals surface area contributed by atoms with E-state index in [0.717, 1.165) is 26.9 Å². The fourth-order valence-corrected chi connectivity index (χ4v) is 2.60. The predicted octanol–water partition coefficient (Wildman–Crippen LogP) is 3.52. The molecule has 98 valence electrons. The van der Waals surface area contributed by atoms with Crippen LogP contribution in [0.15, 0.2) is 36.9 Å². The summed E-state index contributed by atoms with van der Waals surface area (Å²) in [6, 6.07) is 7.52. The number of halogens is 1. The van der Waals surface area contributed by atoms with Crippen LogP contribution in [0.25, 0.3) is 0 Å². The van der Waals surface area contributed by atoms with Crippen molar-refractivity contribution in [3.8, 4) is 0 Å². The van der Waals surface area contributed by atoms with E-state index < -0.39 is 0 Å². The number of rotatable bonds is 3. The summed E-state index contributed by atoms with van der Waals surface area (Å²) in [5, 5.41) is 4.35. The van der Waals surface area contributed by atoms with Crippen molar-refractivity contribution in [3.05, 3.63) is 63.0 Å². The third-order valence-corrected chi connectivity index (χ3v) is 3.72. The number of aromatic nitrogens is 2. The minimum absolute atomic E-state index is 0.0885. The SMILES string of the molecule is C=CCc1c(C)nn(C(=O)c2cccc(I)c2)c1C. The van der Waals surface area contributed by atoms with Gasteiger partial charge in [0.2, 0.25) is 0 Å². The van der Waals surface area contributed by atoms with E-state index in [2.05, 4.69) is 34.3 Å². The summed E-state index contributed by atoms with van der Waals surface area (Å²) in [6.07, 6.45) is 2.56. The van der Waals surface area contributed by atoms with Gasteiger partial charge in [-0.15, -0.1) is 6.58 Å². The molecule has 0 spiro atoms. The van der Waals surface area contributed by atoms with Gasteiger partial charge in [-0.3, -0.25) is 4.79 Å². The molecule has 0 saturated heterocycles. The first kappa shape index (κ1) is 14.0. The number of benzene rings is 1. The molecule has 2 rings (SSSR count). The molecule has 4 heteroatoms. The fraction of sp³-hybridized carbons (Fsp3) is 0.200. The second kappa shape index (κ2) is 5.69. The van der Waals surface area contributed by atoms with E-state index in [9.17, 15) is 4.79 Å². The lowest BCUT2D eigenvalue weighted by atomic mass is 10.1. The van der Waals surface area contributed by atoms with Gasteiger partial charge < -0.3 is 0 Å². The monoisotopic (exact) mass is 366 g/mol. The Morgan fingerprint density at radius 2 is 2.21 bits per heavy atom. The van der Waals surface area contributed by atoms with E-state index in [1.807, 2.05) is 44.2 Å². The van der Waals surface area contributed by atoms with E-state index in [-0.39, 0.29) is 5.91 Å². The van der Waals surface area contributed by atoms with Gasteiger partial charge in [0.15, 0.2) is 0 Å². The largest absolute Gasteiger partial charge is 0.278 e. The van der Waals surface area contributed by atoms with Gasteiger partial charge in [-0.1, -0.05) is 12.1 Å². The molecule has 1 aromatic carbocycles. The molecule has 0 saturated carbocycles. The van der Waals surface area contributed by atoms with E-state index in [4.69, 9.17) is 0 Å². The van der Waals surface area contributed by atoms with Crippen LogP contribution < -0.4 is 0 Å². The zero-order valence-electron chi connectivity index (χ0n) is 11.0. The molecule has 0 amide bonds. The third-order valence-electron chi connectivity index (χ3n) is 3.05. The number of aryl methyl sites for hydroxylation is 1. The standard InChI is InChI=1S/C15H15IN2O/c1-4-6-14-10(2)17-18(11(14)3)15(19)12-7-5-8-13(16)9-12/h4-5,7-9H,1,6H2,2-3H3. The lowest BCUT2D eigenvalue weighted by Gasteiger charge is -2.04. The number of allylic oxidation sites excluding steroid dienone is 1. The molecule has 0 atom stereocenters. The molecular formula is C15H15IN2O. The molecule has 1 aromatic heterocycles. The highest BCUT2D eigenvalue weighted by atomic mass is 127. The first-order valence-corrected chi connectivity index (χ1v) is 7.08. The molecule has 0 bridgehead atoms. The Balaban J connectivity index is 2.45. The van der Waals surface area contributed by atoms with Crippen LogP contribution in [0, 0.1) is 17.4 Å². The highest BCUT2D eigenvalue weighted by molar-refractivity contribution is 14.1. The lowest BCUT2D eigenvalue weighted by molar-refractivity contribution is 0.0942. The van der Waals surface area contributed by atoms with Crippen molar-refractivity contribution < 1.29 is 4.79 Å². The number of nitrogens with zero attached hydrogens (tertiary/aromatic N) is 2. The zero-order valence-corrected chi connectivity index (χ0v) is 13.1. The summed E-state index contributed by atoms with van der Waals surface area (Å²) < 4.78 is 2.52. The van der Waals surface area contributed by atoms with Crippen molar-refractivity contribution in [2.24, 2.45) is 0 Å². The van der Waals surface area contributed by atoms with E-state index in [1.54, 1.807) is 0 Å². The molecule has 0 fully saturated rings. The number of carbonyl (C=O) groups is 1. The summed E-state index contributed by atoms with van der Waals surface area (Å²) in [6.45, 7) is 7.58. The van der Waals surface area contributed by atoms with E-state index >= 15 is 0 Å². The van der Waals surface area contributed by atoms with Gasteiger partial charge in [-0.2, -0.15) is 5.10 Å². The topological polar surface area (TPSA) is 34.9 Å². The molecule has 1 heterocycles. The van der Waals surface area contributed by atoms with Crippen molar-refractivity contribution in [1.29, 1.82) is 0 Å². The fourth-order valence-electron chi connectivity index (χ4n) is 2.06. The molecule has 3 nitrogen and oxygen atoms in total. The summed E-state index contributed by atoms with van der Waals surface area (Å²) >= 11 is 2.20. The Kier molecular flexibility index (Phi) is 4.19. The van der Waals surface area contributed by atoms with Gasteiger partial charge in [0.1, 0.15) is 0 Å². The van der Waals surface area contributed by atoms with Crippen molar-refractivity contribution in [2.45, 2.75) is 20.3 Å². The van der Waals surface area contributed by atoms with Gasteiger partial charge in [0.05, 0.1) is 5.69 Å². The number of carbonyl (C=O) groups excluding carboxylic acids is 1. The van der Waals surface area contributed by atoms with Crippen LogP contribution >= 0.6 is 22.6 Å². The molecule has 0 aliphatic rings. The summed E-state index contributed by atoms with van der Waals surface area (Å²) in [5.41, 5.74) is 3.51. The molecule has 0 aliphatic heterocycles. The first-order valence-electron chi connectivity index (χ1n) is 6.01. The highest BCUT2D eigenvalue weighted by Gasteiger charge is 2.17. The van der Waals surface area contributed by atoms with Crippen LogP contribution in [-0.4, -0.2) is 15.7 Å². The Morgan fingerprint density at radius 3 is 2.84 bits per heavy atom. The minimum atomic E-state index is -0.0885. The Hall–Kier alpha value is -1.43. The van der Waals surface area contributed by atoms with Crippen LogP contribution in [0.5, 0.6) is 0 Å². The minimum Gasteiger partial charge on any atom is -0.267 e. The summed E-state index contributed by atoms with van der Waals surface area (Å²) in [4.78, 5) is 12.5. The normalized spacial score (nSPS) is 10.5. The third kappa shape index (κ3) is 2.78. The van der Waals surface area contributed by atoms with Gasteiger partial charge in [0.25, 0.3) is 5.91 Å². The molecular weight excluding hydrogens is 351 g/mol. The lowest BCUT2D eigenvalue weighted by Crippen LogP contribution is -2.15. The van der Waals surface area contributed by atoms with Gasteiger partial charge in [0, 0.05) is 20.4 Å². The van der Waals surface area contributed by atoms with Crippen LogP contribution in [0.2, 0.25) is 0 Å². The maximum atomic E-state index is 12.5. The second-order valence-corrected chi connectivity index (χ2v) is 5.62. The summed E-state index contributed by atoms with van der Waals surface area (Å²) in [5.74, 6) is -0.0885. The van der Waals surface area contributed by atoms with Crippen molar-refractivity contribution in [2.75, 3.05) is 0 Å². The molecule has 0 N–H and O–H groups in total. The number of hydrogen-bond acceptors (Lipinski definition) is 2. The Morgan fingerprint density at radius 1 is 1.47 bits per heavy atom. The number of hydrogen-bond donors (Lipinski definition) is 0. The molecule has 19 heavy (non-hydrogen) atoms. The Labute approximate surface area is 126 Å². The smallest absolute Gasteiger partial charge is 0.267 e. The molecule has 0 unspecified atom stereocenters. The average Bonchev–Trinajstić information content (AvgIpc) is 2.66. The van der Waals surface area contributed by atoms with Gasteiger partial charge in [-0.05, 0) is 61.1 Å². The Bertz CT molecular complexity index is 644. The summed E-state index contributed by atoms with van der Waals surface area (Å²) in [7, 11) is 0. The van der Waals surface area contributed by atoms with Gasteiger partial charge >= 0.3 is 0 Å². The maximum absolute atomic E-state index is 12.5.